The molecule has 1 aromatic rings. The number of carbonyl (C=O) groups excluding carboxylic acids is 1. The SMILES string of the molecule is Cc1ccc2c(c1)C(=O)NCC1(CCC(N(C)C3CCN(C(C)C)CC3)CC1)O2. The summed E-state index contributed by atoms with van der Waals surface area (Å²) in [4.78, 5) is 17.8. The van der Waals surface area contributed by atoms with Crippen LogP contribution in [0.5, 0.6) is 5.75 Å². The third kappa shape index (κ3) is 4.31. The molecule has 1 spiro atoms. The van der Waals surface area contributed by atoms with E-state index in [4.69, 9.17) is 4.74 Å². The smallest absolute Gasteiger partial charge is 0.255 e. The Kier molecular flexibility index (Phi) is 5.90. The molecule has 1 aliphatic carbocycles. The molecule has 1 amide bonds. The molecule has 1 saturated heterocycles. The molecule has 5 nitrogen and oxygen atoms in total. The molecule has 1 aromatic carbocycles. The Labute approximate surface area is 175 Å². The van der Waals surface area contributed by atoms with Crippen molar-refractivity contribution in [2.24, 2.45) is 0 Å². The van der Waals surface area contributed by atoms with E-state index in [2.05, 4.69) is 36.0 Å². The molecule has 2 fully saturated rings. The van der Waals surface area contributed by atoms with Crippen molar-refractivity contribution in [2.75, 3.05) is 26.7 Å². The lowest BCUT2D eigenvalue weighted by atomic mass is 9.80. The third-order valence-corrected chi connectivity index (χ3v) is 7.52. The van der Waals surface area contributed by atoms with Gasteiger partial charge in [0.1, 0.15) is 11.4 Å². The van der Waals surface area contributed by atoms with Crippen LogP contribution >= 0.6 is 0 Å². The van der Waals surface area contributed by atoms with E-state index in [9.17, 15) is 4.79 Å². The average molecular weight is 400 g/mol. The Morgan fingerprint density at radius 3 is 2.45 bits per heavy atom. The Bertz CT molecular complexity index is 732. The number of piperidine rings is 1. The van der Waals surface area contributed by atoms with Gasteiger partial charge in [-0.2, -0.15) is 0 Å². The Morgan fingerprint density at radius 1 is 1.14 bits per heavy atom. The highest BCUT2D eigenvalue weighted by atomic mass is 16.5. The van der Waals surface area contributed by atoms with Crippen molar-refractivity contribution in [1.82, 2.24) is 15.1 Å². The number of likely N-dealkylation sites (tertiary alicyclic amines) is 1. The van der Waals surface area contributed by atoms with Crippen LogP contribution in [-0.2, 0) is 0 Å². The van der Waals surface area contributed by atoms with Gasteiger partial charge in [-0.05, 0) is 91.6 Å². The van der Waals surface area contributed by atoms with Gasteiger partial charge < -0.3 is 19.9 Å². The van der Waals surface area contributed by atoms with Crippen LogP contribution in [0, 0.1) is 6.92 Å². The maximum Gasteiger partial charge on any atom is 0.255 e. The summed E-state index contributed by atoms with van der Waals surface area (Å²) in [7, 11) is 2.33. The molecule has 3 aliphatic rings. The predicted octanol–water partition coefficient (Wildman–Crippen LogP) is 3.60. The lowest BCUT2D eigenvalue weighted by Crippen LogP contribution is -2.53. The van der Waals surface area contributed by atoms with Crippen LogP contribution in [-0.4, -0.2) is 66.1 Å². The van der Waals surface area contributed by atoms with E-state index in [1.165, 1.54) is 25.9 Å². The van der Waals surface area contributed by atoms with E-state index < -0.39 is 0 Å². The van der Waals surface area contributed by atoms with Gasteiger partial charge >= 0.3 is 0 Å². The molecule has 0 aromatic heterocycles. The third-order valence-electron chi connectivity index (χ3n) is 7.52. The highest BCUT2D eigenvalue weighted by molar-refractivity contribution is 5.97. The summed E-state index contributed by atoms with van der Waals surface area (Å²) < 4.78 is 6.52. The first kappa shape index (κ1) is 20.7. The van der Waals surface area contributed by atoms with Crippen molar-refractivity contribution in [1.29, 1.82) is 0 Å². The van der Waals surface area contributed by atoms with Gasteiger partial charge in [-0.25, -0.2) is 0 Å². The molecule has 0 bridgehead atoms. The van der Waals surface area contributed by atoms with Gasteiger partial charge in [-0.15, -0.1) is 0 Å². The van der Waals surface area contributed by atoms with E-state index in [1.54, 1.807) is 0 Å². The molecule has 0 unspecified atom stereocenters. The maximum absolute atomic E-state index is 12.5. The van der Waals surface area contributed by atoms with E-state index >= 15 is 0 Å². The number of hydrogen-bond acceptors (Lipinski definition) is 4. The largest absolute Gasteiger partial charge is 0.485 e. The lowest BCUT2D eigenvalue weighted by Gasteiger charge is -2.46. The molecule has 160 valence electrons. The number of nitrogens with one attached hydrogen (secondary N) is 1. The first-order chi connectivity index (χ1) is 13.9. The number of fused-ring (bicyclic) bond motifs is 1. The number of carbonyl (C=O) groups is 1. The van der Waals surface area contributed by atoms with Crippen LogP contribution in [0.25, 0.3) is 0 Å². The van der Waals surface area contributed by atoms with Crippen LogP contribution < -0.4 is 10.1 Å². The van der Waals surface area contributed by atoms with Gasteiger partial charge in [0.25, 0.3) is 5.91 Å². The average Bonchev–Trinajstić information content (AvgIpc) is 2.85. The standard InChI is InChI=1S/C24H37N3O2/c1-17(2)27-13-9-20(10-14-27)26(4)19-7-11-24(12-8-19)16-25-23(28)21-15-18(3)5-6-22(21)29-24/h5-6,15,17,19-20H,7-14,16H2,1-4H3,(H,25,28). The Hall–Kier alpha value is -1.59. The van der Waals surface area contributed by atoms with Crippen molar-refractivity contribution in [3.63, 3.8) is 0 Å². The van der Waals surface area contributed by atoms with Crippen molar-refractivity contribution >= 4 is 5.91 Å². The molecule has 0 radical (unpaired) electrons. The molecule has 29 heavy (non-hydrogen) atoms. The maximum atomic E-state index is 12.5. The van der Waals surface area contributed by atoms with E-state index in [0.29, 0.717) is 30.2 Å². The quantitative estimate of drug-likeness (QED) is 0.843. The molecule has 1 saturated carbocycles. The van der Waals surface area contributed by atoms with E-state index in [-0.39, 0.29) is 11.5 Å². The van der Waals surface area contributed by atoms with Crippen molar-refractivity contribution in [3.8, 4) is 5.75 Å². The molecular formula is C24H37N3O2. The van der Waals surface area contributed by atoms with Gasteiger partial charge in [-0.1, -0.05) is 11.6 Å². The van der Waals surface area contributed by atoms with Gasteiger partial charge in [0, 0.05) is 18.1 Å². The second kappa shape index (κ2) is 8.27. The molecule has 4 rings (SSSR count). The van der Waals surface area contributed by atoms with E-state index in [0.717, 1.165) is 37.0 Å². The molecule has 0 atom stereocenters. The fourth-order valence-electron chi connectivity index (χ4n) is 5.44. The number of aryl methyl sites for hydroxylation is 1. The highest BCUT2D eigenvalue weighted by Crippen LogP contribution is 2.38. The van der Waals surface area contributed by atoms with Gasteiger partial charge in [0.05, 0.1) is 12.1 Å². The molecule has 5 heteroatoms. The fourth-order valence-corrected chi connectivity index (χ4v) is 5.44. The Morgan fingerprint density at radius 2 is 1.79 bits per heavy atom. The fraction of sp³-hybridized carbons (Fsp3) is 0.708. The Balaban J connectivity index is 1.38. The van der Waals surface area contributed by atoms with Gasteiger partial charge in [0.15, 0.2) is 0 Å². The molecular weight excluding hydrogens is 362 g/mol. The van der Waals surface area contributed by atoms with Crippen LogP contribution in [0.3, 0.4) is 0 Å². The minimum atomic E-state index is -0.255. The summed E-state index contributed by atoms with van der Waals surface area (Å²) >= 11 is 0. The van der Waals surface area contributed by atoms with Crippen molar-refractivity contribution < 1.29 is 9.53 Å². The zero-order valence-corrected chi connectivity index (χ0v) is 18.5. The summed E-state index contributed by atoms with van der Waals surface area (Å²) in [5, 5.41) is 3.13. The number of rotatable bonds is 3. The zero-order chi connectivity index (χ0) is 20.6. The normalized spacial score (nSPS) is 28.9. The van der Waals surface area contributed by atoms with Gasteiger partial charge in [-0.3, -0.25) is 4.79 Å². The van der Waals surface area contributed by atoms with Crippen LogP contribution in [0.4, 0.5) is 0 Å². The van der Waals surface area contributed by atoms with Crippen LogP contribution in [0.2, 0.25) is 0 Å². The number of nitrogens with zero attached hydrogens (tertiary/aromatic N) is 2. The minimum absolute atomic E-state index is 0.00303. The number of hydrogen-bond donors (Lipinski definition) is 1. The topological polar surface area (TPSA) is 44.8 Å². The first-order valence-electron chi connectivity index (χ1n) is 11.4. The molecule has 2 heterocycles. The summed E-state index contributed by atoms with van der Waals surface area (Å²) in [6.45, 7) is 9.66. The van der Waals surface area contributed by atoms with Crippen molar-refractivity contribution in [3.05, 3.63) is 29.3 Å². The lowest BCUT2D eigenvalue weighted by molar-refractivity contribution is -0.00516. The number of benzene rings is 1. The van der Waals surface area contributed by atoms with Crippen molar-refractivity contribution in [2.45, 2.75) is 83.0 Å². The highest BCUT2D eigenvalue weighted by Gasteiger charge is 2.42. The summed E-state index contributed by atoms with van der Waals surface area (Å²) in [6.07, 6.45) is 6.82. The summed E-state index contributed by atoms with van der Waals surface area (Å²) in [6, 6.07) is 7.92. The summed E-state index contributed by atoms with van der Waals surface area (Å²) in [5.74, 6) is 0.746. The second-order valence-corrected chi connectivity index (χ2v) is 9.72. The molecule has 1 N–H and O–H groups in total. The first-order valence-corrected chi connectivity index (χ1v) is 11.4. The van der Waals surface area contributed by atoms with Gasteiger partial charge in [0.2, 0.25) is 0 Å². The zero-order valence-electron chi connectivity index (χ0n) is 18.5. The monoisotopic (exact) mass is 399 g/mol. The number of amides is 1. The van der Waals surface area contributed by atoms with E-state index in [1.807, 2.05) is 25.1 Å². The van der Waals surface area contributed by atoms with Crippen LogP contribution in [0.1, 0.15) is 68.3 Å². The molecule has 2 aliphatic heterocycles. The predicted molar refractivity (Wildman–Crippen MR) is 117 cm³/mol. The summed E-state index contributed by atoms with van der Waals surface area (Å²) in [5.41, 5.74) is 1.51. The number of ether oxygens (including phenoxy) is 1. The minimum Gasteiger partial charge on any atom is -0.485 e. The van der Waals surface area contributed by atoms with Crippen LogP contribution in [0.15, 0.2) is 18.2 Å². The second-order valence-electron chi connectivity index (χ2n) is 9.72.